The highest BCUT2D eigenvalue weighted by Gasteiger charge is 2.27. The zero-order valence-electron chi connectivity index (χ0n) is 21.6. The third-order valence-electron chi connectivity index (χ3n) is 6.37. The van der Waals surface area contributed by atoms with Crippen LogP contribution in [0.3, 0.4) is 0 Å². The number of hydrogen-bond acceptors (Lipinski definition) is 8. The van der Waals surface area contributed by atoms with Crippen LogP contribution < -0.4 is 10.1 Å². The maximum atomic E-state index is 13.6. The Kier molecular flexibility index (Phi) is 7.64. The molecule has 0 bridgehead atoms. The number of amides is 1. The van der Waals surface area contributed by atoms with Crippen molar-refractivity contribution in [2.24, 2.45) is 7.05 Å². The summed E-state index contributed by atoms with van der Waals surface area (Å²) in [6.45, 7) is 7.55. The normalized spacial score (nSPS) is 14.2. The van der Waals surface area contributed by atoms with E-state index >= 15 is 0 Å². The Labute approximate surface area is 211 Å². The van der Waals surface area contributed by atoms with Gasteiger partial charge < -0.3 is 15.0 Å². The molecule has 1 fully saturated rings. The number of aromatic nitrogens is 4. The van der Waals surface area contributed by atoms with Gasteiger partial charge in [-0.2, -0.15) is 5.10 Å². The van der Waals surface area contributed by atoms with E-state index in [9.17, 15) is 4.79 Å². The monoisotopic (exact) mass is 490 g/mol. The van der Waals surface area contributed by atoms with Crippen LogP contribution in [0.5, 0.6) is 5.75 Å². The summed E-state index contributed by atoms with van der Waals surface area (Å²) in [6.07, 6.45) is 3.61. The van der Waals surface area contributed by atoms with E-state index in [4.69, 9.17) is 10.1 Å². The van der Waals surface area contributed by atoms with E-state index < -0.39 is 0 Å². The number of methoxy groups -OCH3 is 1. The van der Waals surface area contributed by atoms with E-state index in [1.165, 1.54) is 0 Å². The molecule has 2 aromatic heterocycles. The van der Waals surface area contributed by atoms with Crippen molar-refractivity contribution in [2.45, 2.75) is 26.3 Å². The molecule has 1 saturated heterocycles. The van der Waals surface area contributed by atoms with E-state index in [1.807, 2.05) is 38.1 Å². The van der Waals surface area contributed by atoms with Crippen LogP contribution in [0.2, 0.25) is 0 Å². The predicted octanol–water partition coefficient (Wildman–Crippen LogP) is 2.76. The molecule has 1 aromatic carbocycles. The summed E-state index contributed by atoms with van der Waals surface area (Å²) in [6, 6.07) is 7.26. The van der Waals surface area contributed by atoms with Gasteiger partial charge in [-0.15, -0.1) is 0 Å². The molecule has 0 spiro atoms. The van der Waals surface area contributed by atoms with E-state index in [0.29, 0.717) is 47.2 Å². The lowest BCUT2D eigenvalue weighted by Crippen LogP contribution is -2.48. The lowest BCUT2D eigenvalue weighted by Gasteiger charge is -2.34. The number of piperazine rings is 1. The molecule has 0 atom stereocenters. The third kappa shape index (κ3) is 5.38. The molecule has 10 nitrogen and oxygen atoms in total. The van der Waals surface area contributed by atoms with Gasteiger partial charge in [0.25, 0.3) is 5.91 Å². The summed E-state index contributed by atoms with van der Waals surface area (Å²) in [7, 11) is 5.25. The maximum Gasteiger partial charge on any atom is 0.257 e. The summed E-state index contributed by atoms with van der Waals surface area (Å²) >= 11 is 0. The summed E-state index contributed by atoms with van der Waals surface area (Å²) in [5, 5.41) is 16.5. The summed E-state index contributed by atoms with van der Waals surface area (Å²) in [4.78, 5) is 26.6. The number of carbonyl (C=O) groups is 1. The van der Waals surface area contributed by atoms with Gasteiger partial charge in [0.05, 0.1) is 29.8 Å². The smallest absolute Gasteiger partial charge is 0.257 e. The van der Waals surface area contributed by atoms with Crippen LogP contribution in [0.25, 0.3) is 0 Å². The molecule has 1 amide bonds. The number of aryl methyl sites for hydroxylation is 1. The topological polar surface area (TPSA) is 112 Å². The average Bonchev–Trinajstić information content (AvgIpc) is 3.31. The Balaban J connectivity index is 1.56. The zero-order valence-corrected chi connectivity index (χ0v) is 21.6. The van der Waals surface area contributed by atoms with Gasteiger partial charge in [0.2, 0.25) is 0 Å². The first-order valence-electron chi connectivity index (χ1n) is 12.1. The van der Waals surface area contributed by atoms with Crippen molar-refractivity contribution < 1.29 is 9.53 Å². The fourth-order valence-corrected chi connectivity index (χ4v) is 4.31. The molecule has 2 N–H and O–H groups in total. The number of nitrogens with one attached hydrogen (secondary N) is 2. The van der Waals surface area contributed by atoms with Gasteiger partial charge in [0.15, 0.2) is 0 Å². The Bertz CT molecular complexity index is 1240. The van der Waals surface area contributed by atoms with E-state index in [-0.39, 0.29) is 17.5 Å². The first-order valence-corrected chi connectivity index (χ1v) is 12.1. The van der Waals surface area contributed by atoms with Crippen molar-refractivity contribution in [1.29, 1.82) is 5.41 Å². The Morgan fingerprint density at radius 1 is 1.17 bits per heavy atom. The van der Waals surface area contributed by atoms with Gasteiger partial charge in [-0.05, 0) is 18.2 Å². The van der Waals surface area contributed by atoms with Crippen molar-refractivity contribution in [3.8, 4) is 5.75 Å². The van der Waals surface area contributed by atoms with Gasteiger partial charge in [-0.3, -0.25) is 19.8 Å². The Morgan fingerprint density at radius 3 is 2.53 bits per heavy atom. The SMILES string of the molecule is CNc1cc(OC)c(C(=O)N2CCN(Cc3ccn(C)n3)CC2)cc1C(=N)c1ccnc(C(C)C)n1. The van der Waals surface area contributed by atoms with E-state index in [2.05, 4.69) is 25.3 Å². The molecule has 190 valence electrons. The minimum absolute atomic E-state index is 0.105. The number of anilines is 1. The second-order valence-electron chi connectivity index (χ2n) is 9.23. The van der Waals surface area contributed by atoms with Gasteiger partial charge in [0.1, 0.15) is 11.6 Å². The molecule has 36 heavy (non-hydrogen) atoms. The maximum absolute atomic E-state index is 13.6. The second kappa shape index (κ2) is 10.9. The van der Waals surface area contributed by atoms with Crippen LogP contribution in [-0.4, -0.2) is 81.5 Å². The molecule has 4 rings (SSSR count). The lowest BCUT2D eigenvalue weighted by molar-refractivity contribution is 0.0623. The summed E-state index contributed by atoms with van der Waals surface area (Å²) < 4.78 is 7.39. The lowest BCUT2D eigenvalue weighted by atomic mass is 9.99. The van der Waals surface area contributed by atoms with Gasteiger partial charge in [-0.1, -0.05) is 13.8 Å². The van der Waals surface area contributed by atoms with Crippen LogP contribution in [0, 0.1) is 5.41 Å². The molecule has 0 aliphatic carbocycles. The fourth-order valence-electron chi connectivity index (χ4n) is 4.31. The average molecular weight is 491 g/mol. The van der Waals surface area contributed by atoms with Crippen LogP contribution in [-0.2, 0) is 13.6 Å². The van der Waals surface area contributed by atoms with Crippen molar-refractivity contribution >= 4 is 17.3 Å². The highest BCUT2D eigenvalue weighted by Crippen LogP contribution is 2.30. The van der Waals surface area contributed by atoms with Gasteiger partial charge in [0, 0.05) is 82.4 Å². The number of rotatable bonds is 8. The molecular weight excluding hydrogens is 456 g/mol. The zero-order chi connectivity index (χ0) is 25.8. The fraction of sp³-hybridized carbons (Fsp3) is 0.423. The van der Waals surface area contributed by atoms with Crippen molar-refractivity contribution in [1.82, 2.24) is 29.5 Å². The quantitative estimate of drug-likeness (QED) is 0.467. The molecule has 0 saturated carbocycles. The van der Waals surface area contributed by atoms with Crippen molar-refractivity contribution in [3.63, 3.8) is 0 Å². The molecule has 0 unspecified atom stereocenters. The minimum atomic E-state index is -0.105. The number of nitrogens with zero attached hydrogens (tertiary/aromatic N) is 6. The van der Waals surface area contributed by atoms with Crippen LogP contribution >= 0.6 is 0 Å². The second-order valence-corrected chi connectivity index (χ2v) is 9.23. The number of benzene rings is 1. The first kappa shape index (κ1) is 25.3. The van der Waals surface area contributed by atoms with Crippen LogP contribution in [0.15, 0.2) is 36.7 Å². The molecule has 1 aliphatic heterocycles. The summed E-state index contributed by atoms with van der Waals surface area (Å²) in [5.41, 5.74) is 3.47. The largest absolute Gasteiger partial charge is 0.496 e. The van der Waals surface area contributed by atoms with E-state index in [1.54, 1.807) is 43.2 Å². The highest BCUT2D eigenvalue weighted by atomic mass is 16.5. The highest BCUT2D eigenvalue weighted by molar-refractivity contribution is 6.14. The third-order valence-corrected chi connectivity index (χ3v) is 6.37. The van der Waals surface area contributed by atoms with Crippen LogP contribution in [0.1, 0.15) is 52.9 Å². The molecule has 3 heterocycles. The minimum Gasteiger partial charge on any atom is -0.496 e. The molecule has 0 radical (unpaired) electrons. The molecule has 3 aromatic rings. The van der Waals surface area contributed by atoms with Crippen LogP contribution in [0.4, 0.5) is 5.69 Å². The molecule has 10 heteroatoms. The Morgan fingerprint density at radius 2 is 1.92 bits per heavy atom. The molecule has 1 aliphatic rings. The number of ether oxygens (including phenoxy) is 1. The standard InChI is InChI=1S/C26H34N8O2/c1-17(2)25-29-8-6-21(30-25)24(27)19-14-20(23(36-5)15-22(19)28-3)26(35)34-12-10-33(11-13-34)16-18-7-9-32(4)31-18/h6-9,14-15,17,27-28H,10-13,16H2,1-5H3. The number of hydrogen-bond donors (Lipinski definition) is 2. The predicted molar refractivity (Wildman–Crippen MR) is 139 cm³/mol. The summed E-state index contributed by atoms with van der Waals surface area (Å²) in [5.74, 6) is 1.19. The Hall–Kier alpha value is -3.79. The van der Waals surface area contributed by atoms with Crippen molar-refractivity contribution in [2.75, 3.05) is 45.7 Å². The number of carbonyl (C=O) groups excluding carboxylic acids is 1. The van der Waals surface area contributed by atoms with E-state index in [0.717, 1.165) is 25.3 Å². The van der Waals surface area contributed by atoms with Gasteiger partial charge in [-0.25, -0.2) is 9.97 Å². The van der Waals surface area contributed by atoms with Gasteiger partial charge >= 0.3 is 0 Å². The van der Waals surface area contributed by atoms with Crippen molar-refractivity contribution in [3.05, 3.63) is 65.0 Å². The first-order chi connectivity index (χ1) is 17.3. The molecular formula is C26H34N8O2.